The van der Waals surface area contributed by atoms with Gasteiger partial charge in [0.2, 0.25) is 5.91 Å². The number of carbonyl (C=O) groups is 1. The van der Waals surface area contributed by atoms with Crippen molar-refractivity contribution in [1.82, 2.24) is 9.78 Å². The highest BCUT2D eigenvalue weighted by Crippen LogP contribution is 2.27. The van der Waals surface area contributed by atoms with Crippen molar-refractivity contribution in [3.63, 3.8) is 0 Å². The van der Waals surface area contributed by atoms with Crippen molar-refractivity contribution in [1.29, 1.82) is 0 Å². The van der Waals surface area contributed by atoms with Gasteiger partial charge in [-0.25, -0.2) is 8.42 Å². The van der Waals surface area contributed by atoms with Crippen LogP contribution in [0.25, 0.3) is 0 Å². The second-order valence-electron chi connectivity index (χ2n) is 5.91. The number of hydrogen-bond donors (Lipinski definition) is 2. The van der Waals surface area contributed by atoms with Crippen LogP contribution in [0.15, 0.2) is 71.8 Å². The maximum absolute atomic E-state index is 12.6. The zero-order valence-electron chi connectivity index (χ0n) is 14.7. The number of carbonyl (C=O) groups excluding carboxylic acids is 1. The Morgan fingerprint density at radius 2 is 1.59 bits per heavy atom. The quantitative estimate of drug-likeness (QED) is 0.635. The molecule has 0 bridgehead atoms. The maximum atomic E-state index is 12.6. The van der Waals surface area contributed by atoms with Crippen LogP contribution in [0.3, 0.4) is 0 Å². The van der Waals surface area contributed by atoms with Crippen LogP contribution in [0.2, 0.25) is 0 Å². The number of para-hydroxylation sites is 2. The number of aromatic nitrogens is 2. The first kappa shape index (κ1) is 20.4. The first-order valence-corrected chi connectivity index (χ1v) is 9.71. The molecule has 7 nitrogen and oxygen atoms in total. The largest absolute Gasteiger partial charge is 0.435 e. The highest BCUT2D eigenvalue weighted by molar-refractivity contribution is 7.92. The summed E-state index contributed by atoms with van der Waals surface area (Å²) in [7, 11) is -3.89. The van der Waals surface area contributed by atoms with Crippen LogP contribution in [0.4, 0.5) is 24.5 Å². The smallest absolute Gasteiger partial charge is 0.323 e. The fourth-order valence-corrected chi connectivity index (χ4v) is 3.52. The molecule has 11 heteroatoms. The van der Waals surface area contributed by atoms with Gasteiger partial charge in [-0.15, -0.1) is 0 Å². The van der Waals surface area contributed by atoms with E-state index in [1.54, 1.807) is 30.3 Å². The van der Waals surface area contributed by atoms with Crippen LogP contribution in [0.1, 0.15) is 5.69 Å². The lowest BCUT2D eigenvalue weighted by atomic mass is 10.2. The number of amides is 1. The summed E-state index contributed by atoms with van der Waals surface area (Å²) in [6.45, 7) is -0.476. The van der Waals surface area contributed by atoms with Gasteiger partial charge in [-0.05, 0) is 30.3 Å². The number of benzene rings is 2. The summed E-state index contributed by atoms with van der Waals surface area (Å²) in [5.41, 5.74) is -0.845. The Hall–Kier alpha value is -3.34. The van der Waals surface area contributed by atoms with Gasteiger partial charge in [0.25, 0.3) is 10.0 Å². The molecular weight excluding hydrogens is 409 g/mol. The minimum absolute atomic E-state index is 0.0392. The summed E-state index contributed by atoms with van der Waals surface area (Å²) in [5.74, 6) is -0.673. The molecule has 0 saturated carbocycles. The van der Waals surface area contributed by atoms with E-state index in [9.17, 15) is 26.4 Å². The Morgan fingerprint density at radius 1 is 0.966 bits per heavy atom. The van der Waals surface area contributed by atoms with E-state index in [1.807, 2.05) is 0 Å². The lowest BCUT2D eigenvalue weighted by molar-refractivity contribution is -0.141. The number of nitrogens with one attached hydrogen (secondary N) is 2. The molecular formula is C18H15F3N4O3S. The number of nitrogens with zero attached hydrogens (tertiary/aromatic N) is 2. The molecule has 1 amide bonds. The van der Waals surface area contributed by atoms with Gasteiger partial charge in [0, 0.05) is 6.20 Å². The van der Waals surface area contributed by atoms with Crippen molar-refractivity contribution in [2.45, 2.75) is 17.6 Å². The SMILES string of the molecule is O=C(Cn1ccc(C(F)(F)F)n1)Nc1ccccc1NS(=O)(=O)c1ccccc1. The van der Waals surface area contributed by atoms with Crippen LogP contribution < -0.4 is 10.0 Å². The Balaban J connectivity index is 1.74. The molecule has 0 atom stereocenters. The third-order valence-electron chi connectivity index (χ3n) is 3.74. The summed E-state index contributed by atoms with van der Waals surface area (Å²) < 4.78 is 66.0. The Kier molecular flexibility index (Phi) is 5.59. The summed E-state index contributed by atoms with van der Waals surface area (Å²) in [5, 5.41) is 5.78. The van der Waals surface area contributed by atoms with Gasteiger partial charge in [-0.3, -0.25) is 14.2 Å². The van der Waals surface area contributed by atoms with Crippen molar-refractivity contribution in [3.8, 4) is 0 Å². The van der Waals surface area contributed by atoms with Crippen molar-refractivity contribution in [3.05, 3.63) is 72.6 Å². The van der Waals surface area contributed by atoms with Crippen molar-refractivity contribution in [2.75, 3.05) is 10.0 Å². The average molecular weight is 424 g/mol. The third kappa shape index (κ3) is 5.13. The molecule has 0 radical (unpaired) electrons. The number of hydrogen-bond acceptors (Lipinski definition) is 4. The Morgan fingerprint density at radius 3 is 2.21 bits per heavy atom. The molecule has 0 aliphatic carbocycles. The number of sulfonamides is 1. The molecule has 2 N–H and O–H groups in total. The van der Waals surface area contributed by atoms with Crippen LogP contribution in [0, 0.1) is 0 Å². The molecule has 1 aromatic heterocycles. The number of anilines is 2. The molecule has 29 heavy (non-hydrogen) atoms. The van der Waals surface area contributed by atoms with Crippen molar-refractivity contribution < 1.29 is 26.4 Å². The van der Waals surface area contributed by atoms with E-state index < -0.39 is 34.3 Å². The van der Waals surface area contributed by atoms with Gasteiger partial charge in [-0.2, -0.15) is 18.3 Å². The molecule has 152 valence electrons. The molecule has 0 saturated heterocycles. The molecule has 0 spiro atoms. The van der Waals surface area contributed by atoms with Gasteiger partial charge >= 0.3 is 6.18 Å². The fraction of sp³-hybridized carbons (Fsp3) is 0.111. The zero-order valence-corrected chi connectivity index (χ0v) is 15.5. The van der Waals surface area contributed by atoms with E-state index in [-0.39, 0.29) is 16.3 Å². The predicted octanol–water partition coefficient (Wildman–Crippen LogP) is 3.34. The molecule has 0 aliphatic heterocycles. The summed E-state index contributed by atoms with van der Waals surface area (Å²) in [4.78, 5) is 12.2. The van der Waals surface area contributed by atoms with E-state index >= 15 is 0 Å². The van der Waals surface area contributed by atoms with Gasteiger partial charge in [0.05, 0.1) is 16.3 Å². The van der Waals surface area contributed by atoms with Gasteiger partial charge in [-0.1, -0.05) is 30.3 Å². The van der Waals surface area contributed by atoms with Crippen molar-refractivity contribution in [2.24, 2.45) is 0 Å². The highest BCUT2D eigenvalue weighted by Gasteiger charge is 2.33. The summed E-state index contributed by atoms with van der Waals surface area (Å²) in [6.07, 6.45) is -3.57. The average Bonchev–Trinajstić information content (AvgIpc) is 3.13. The van der Waals surface area contributed by atoms with E-state index in [4.69, 9.17) is 0 Å². The number of alkyl halides is 3. The molecule has 0 fully saturated rings. The van der Waals surface area contributed by atoms with E-state index in [0.717, 1.165) is 16.9 Å². The van der Waals surface area contributed by atoms with E-state index in [1.165, 1.54) is 24.3 Å². The van der Waals surface area contributed by atoms with Gasteiger partial charge in [0.15, 0.2) is 5.69 Å². The predicted molar refractivity (Wildman–Crippen MR) is 99.6 cm³/mol. The van der Waals surface area contributed by atoms with E-state index in [2.05, 4.69) is 15.1 Å². The van der Waals surface area contributed by atoms with Crippen LogP contribution in [-0.2, 0) is 27.5 Å². The van der Waals surface area contributed by atoms with Crippen LogP contribution in [-0.4, -0.2) is 24.1 Å². The molecule has 2 aromatic carbocycles. The van der Waals surface area contributed by atoms with Gasteiger partial charge in [0.1, 0.15) is 6.54 Å². The minimum Gasteiger partial charge on any atom is -0.323 e. The zero-order chi connectivity index (χ0) is 21.1. The second kappa shape index (κ2) is 7.95. The van der Waals surface area contributed by atoms with Crippen molar-refractivity contribution >= 4 is 27.3 Å². The fourth-order valence-electron chi connectivity index (χ4n) is 2.42. The topological polar surface area (TPSA) is 93.1 Å². The molecule has 3 rings (SSSR count). The van der Waals surface area contributed by atoms with E-state index in [0.29, 0.717) is 0 Å². The monoisotopic (exact) mass is 424 g/mol. The van der Waals surface area contributed by atoms with Gasteiger partial charge < -0.3 is 5.32 Å². The lowest BCUT2D eigenvalue weighted by Crippen LogP contribution is -2.21. The van der Waals surface area contributed by atoms with Crippen LogP contribution >= 0.6 is 0 Å². The first-order chi connectivity index (χ1) is 13.6. The van der Waals surface area contributed by atoms with Crippen LogP contribution in [0.5, 0.6) is 0 Å². The molecule has 0 unspecified atom stereocenters. The molecule has 3 aromatic rings. The second-order valence-corrected chi connectivity index (χ2v) is 7.59. The summed E-state index contributed by atoms with van der Waals surface area (Å²) in [6, 6.07) is 14.5. The molecule has 0 aliphatic rings. The molecule has 1 heterocycles. The Bertz CT molecular complexity index is 1110. The third-order valence-corrected chi connectivity index (χ3v) is 5.12. The first-order valence-electron chi connectivity index (χ1n) is 8.22. The lowest BCUT2D eigenvalue weighted by Gasteiger charge is -2.13. The minimum atomic E-state index is -4.61. The number of rotatable bonds is 6. The Labute approximate surface area is 164 Å². The maximum Gasteiger partial charge on any atom is 0.435 e. The highest BCUT2D eigenvalue weighted by atomic mass is 32.2. The normalized spacial score (nSPS) is 11.8. The summed E-state index contributed by atoms with van der Waals surface area (Å²) >= 11 is 0. The standard InChI is InChI=1S/C18H15F3N4O3S/c19-18(20,21)16-10-11-25(23-16)12-17(26)22-14-8-4-5-9-15(14)24-29(27,28)13-6-2-1-3-7-13/h1-11,24H,12H2,(H,22,26). The number of halogens is 3.